The SMILES string of the molecule is Cc1cncc(C2(O)CC3COCC(C2)N3C(=O)OC(C)(C)C)n1. The highest BCUT2D eigenvalue weighted by molar-refractivity contribution is 5.69. The Balaban J connectivity index is 1.84. The first-order valence-electron chi connectivity index (χ1n) is 8.28. The smallest absolute Gasteiger partial charge is 0.410 e. The standard InChI is InChI=1S/C17H25N3O4/c1-11-7-18-8-14(19-11)17(22)5-12-9-23-10-13(6-17)20(12)15(21)24-16(2,3)4/h7-8,12-13,22H,5-6,9-10H2,1-4H3. The second kappa shape index (κ2) is 5.97. The monoisotopic (exact) mass is 335 g/mol. The summed E-state index contributed by atoms with van der Waals surface area (Å²) >= 11 is 0. The molecule has 2 saturated heterocycles. The number of hydrogen-bond donors (Lipinski definition) is 1. The number of ether oxygens (including phenoxy) is 2. The number of hydrogen-bond acceptors (Lipinski definition) is 6. The molecule has 0 saturated carbocycles. The van der Waals surface area contributed by atoms with Gasteiger partial charge in [-0.05, 0) is 27.7 Å². The summed E-state index contributed by atoms with van der Waals surface area (Å²) in [5.41, 5.74) is -0.335. The van der Waals surface area contributed by atoms with Crippen molar-refractivity contribution >= 4 is 6.09 Å². The third-order valence-electron chi connectivity index (χ3n) is 4.39. The molecule has 2 atom stereocenters. The van der Waals surface area contributed by atoms with E-state index in [4.69, 9.17) is 9.47 Å². The molecule has 2 bridgehead atoms. The van der Waals surface area contributed by atoms with Crippen LogP contribution in [-0.4, -0.2) is 57.0 Å². The molecule has 3 heterocycles. The molecule has 0 aromatic carbocycles. The van der Waals surface area contributed by atoms with Gasteiger partial charge in [-0.3, -0.25) is 14.9 Å². The highest BCUT2D eigenvalue weighted by Gasteiger charge is 2.50. The van der Waals surface area contributed by atoms with Crippen molar-refractivity contribution in [2.24, 2.45) is 0 Å². The van der Waals surface area contributed by atoms with Crippen molar-refractivity contribution in [2.75, 3.05) is 13.2 Å². The lowest BCUT2D eigenvalue weighted by Crippen LogP contribution is -2.63. The molecule has 7 heteroatoms. The molecule has 24 heavy (non-hydrogen) atoms. The zero-order valence-electron chi connectivity index (χ0n) is 14.7. The fourth-order valence-corrected chi connectivity index (χ4v) is 3.49. The van der Waals surface area contributed by atoms with Gasteiger partial charge in [0.2, 0.25) is 0 Å². The van der Waals surface area contributed by atoms with Crippen LogP contribution < -0.4 is 0 Å². The van der Waals surface area contributed by atoms with Crippen molar-refractivity contribution in [3.63, 3.8) is 0 Å². The Morgan fingerprint density at radius 3 is 2.50 bits per heavy atom. The number of nitrogens with zero attached hydrogens (tertiary/aromatic N) is 3. The van der Waals surface area contributed by atoms with Crippen molar-refractivity contribution in [3.8, 4) is 0 Å². The minimum atomic E-state index is -1.10. The van der Waals surface area contributed by atoms with Crippen molar-refractivity contribution in [1.29, 1.82) is 0 Å². The quantitative estimate of drug-likeness (QED) is 0.842. The molecule has 2 fully saturated rings. The van der Waals surface area contributed by atoms with E-state index >= 15 is 0 Å². The van der Waals surface area contributed by atoms with E-state index in [-0.39, 0.29) is 18.2 Å². The van der Waals surface area contributed by atoms with Crippen LogP contribution in [0.25, 0.3) is 0 Å². The van der Waals surface area contributed by atoms with E-state index < -0.39 is 11.2 Å². The largest absolute Gasteiger partial charge is 0.444 e. The Hall–Kier alpha value is -1.73. The van der Waals surface area contributed by atoms with E-state index in [1.54, 1.807) is 17.3 Å². The first kappa shape index (κ1) is 17.1. The fourth-order valence-electron chi connectivity index (χ4n) is 3.49. The van der Waals surface area contributed by atoms with Crippen molar-refractivity contribution in [2.45, 2.75) is 63.8 Å². The predicted molar refractivity (Wildman–Crippen MR) is 86.4 cm³/mol. The molecule has 2 aliphatic rings. The van der Waals surface area contributed by atoms with Gasteiger partial charge < -0.3 is 14.6 Å². The lowest BCUT2D eigenvalue weighted by Gasteiger charge is -2.50. The Morgan fingerprint density at radius 2 is 1.96 bits per heavy atom. The molecule has 2 aliphatic heterocycles. The third kappa shape index (κ3) is 3.37. The Bertz CT molecular complexity index is 615. The van der Waals surface area contributed by atoms with Crippen molar-refractivity contribution < 1.29 is 19.4 Å². The lowest BCUT2D eigenvalue weighted by atomic mass is 9.79. The van der Waals surface area contributed by atoms with E-state index in [2.05, 4.69) is 9.97 Å². The molecule has 0 radical (unpaired) electrons. The third-order valence-corrected chi connectivity index (χ3v) is 4.39. The Morgan fingerprint density at radius 1 is 1.33 bits per heavy atom. The van der Waals surface area contributed by atoms with Gasteiger partial charge in [0, 0.05) is 19.0 Å². The maximum absolute atomic E-state index is 12.6. The van der Waals surface area contributed by atoms with Gasteiger partial charge in [-0.25, -0.2) is 4.79 Å². The number of rotatable bonds is 1. The number of amides is 1. The van der Waals surface area contributed by atoms with Gasteiger partial charge >= 0.3 is 6.09 Å². The van der Waals surface area contributed by atoms with E-state index in [0.717, 1.165) is 5.69 Å². The zero-order chi connectivity index (χ0) is 17.5. The van der Waals surface area contributed by atoms with Gasteiger partial charge in [-0.2, -0.15) is 0 Å². The van der Waals surface area contributed by atoms with Crippen LogP contribution in [0.5, 0.6) is 0 Å². The number of fused-ring (bicyclic) bond motifs is 2. The van der Waals surface area contributed by atoms with Crippen LogP contribution in [0.2, 0.25) is 0 Å². The van der Waals surface area contributed by atoms with Gasteiger partial charge in [0.05, 0.1) is 42.9 Å². The molecule has 1 amide bonds. The van der Waals surface area contributed by atoms with Gasteiger partial charge in [0.25, 0.3) is 0 Å². The Labute approximate surface area is 142 Å². The number of morpholine rings is 1. The summed E-state index contributed by atoms with van der Waals surface area (Å²) < 4.78 is 11.1. The molecule has 2 unspecified atom stereocenters. The van der Waals surface area contributed by atoms with Gasteiger partial charge in [0.1, 0.15) is 11.2 Å². The molecule has 0 aliphatic carbocycles. The molecular formula is C17H25N3O4. The maximum atomic E-state index is 12.6. The molecular weight excluding hydrogens is 310 g/mol. The van der Waals surface area contributed by atoms with Crippen LogP contribution in [0.4, 0.5) is 4.79 Å². The molecule has 3 rings (SSSR count). The molecule has 7 nitrogen and oxygen atoms in total. The summed E-state index contributed by atoms with van der Waals surface area (Å²) in [4.78, 5) is 22.9. The zero-order valence-corrected chi connectivity index (χ0v) is 14.7. The normalized spacial score (nSPS) is 30.1. The average molecular weight is 335 g/mol. The Kier molecular flexibility index (Phi) is 4.25. The molecule has 1 N–H and O–H groups in total. The van der Waals surface area contributed by atoms with Crippen molar-refractivity contribution in [1.82, 2.24) is 14.9 Å². The first-order valence-corrected chi connectivity index (χ1v) is 8.28. The fraction of sp³-hybridized carbons (Fsp3) is 0.706. The lowest BCUT2D eigenvalue weighted by molar-refractivity contribution is -0.142. The minimum Gasteiger partial charge on any atom is -0.444 e. The number of piperidine rings is 1. The van der Waals surface area contributed by atoms with Crippen LogP contribution in [0.1, 0.15) is 45.0 Å². The second-order valence-corrected chi connectivity index (χ2v) is 7.72. The number of aryl methyl sites for hydroxylation is 1. The highest BCUT2D eigenvalue weighted by atomic mass is 16.6. The summed E-state index contributed by atoms with van der Waals surface area (Å²) in [6.07, 6.45) is 3.64. The van der Waals surface area contributed by atoms with Crippen LogP contribution in [0, 0.1) is 6.92 Å². The number of carbonyl (C=O) groups excluding carboxylic acids is 1. The second-order valence-electron chi connectivity index (χ2n) is 7.72. The summed E-state index contributed by atoms with van der Waals surface area (Å²) in [6.45, 7) is 8.16. The molecule has 1 aromatic heterocycles. The molecule has 132 valence electrons. The summed E-state index contributed by atoms with van der Waals surface area (Å²) in [5, 5.41) is 11.2. The van der Waals surface area contributed by atoms with Gasteiger partial charge in [0.15, 0.2) is 0 Å². The molecule has 0 spiro atoms. The van der Waals surface area contributed by atoms with E-state index in [9.17, 15) is 9.90 Å². The highest BCUT2D eigenvalue weighted by Crippen LogP contribution is 2.40. The van der Waals surface area contributed by atoms with E-state index in [1.165, 1.54) is 0 Å². The number of carbonyl (C=O) groups is 1. The van der Waals surface area contributed by atoms with Gasteiger partial charge in [-0.15, -0.1) is 0 Å². The summed E-state index contributed by atoms with van der Waals surface area (Å²) in [5.74, 6) is 0. The summed E-state index contributed by atoms with van der Waals surface area (Å²) in [6, 6.07) is -0.473. The number of aromatic nitrogens is 2. The van der Waals surface area contributed by atoms with Gasteiger partial charge in [-0.1, -0.05) is 0 Å². The van der Waals surface area contributed by atoms with Crippen LogP contribution >= 0.6 is 0 Å². The predicted octanol–water partition coefficient (Wildman–Crippen LogP) is 1.77. The first-order chi connectivity index (χ1) is 11.2. The van der Waals surface area contributed by atoms with Crippen molar-refractivity contribution in [3.05, 3.63) is 23.8 Å². The minimum absolute atomic E-state index is 0.236. The van der Waals surface area contributed by atoms with Crippen LogP contribution in [-0.2, 0) is 15.1 Å². The van der Waals surface area contributed by atoms with Crippen LogP contribution in [0.15, 0.2) is 12.4 Å². The van der Waals surface area contributed by atoms with Crippen LogP contribution in [0.3, 0.4) is 0 Å². The maximum Gasteiger partial charge on any atom is 0.410 e. The topological polar surface area (TPSA) is 84.8 Å². The molecule has 1 aromatic rings. The van der Waals surface area contributed by atoms with E-state index in [0.29, 0.717) is 31.7 Å². The average Bonchev–Trinajstić information content (AvgIpc) is 2.44. The summed E-state index contributed by atoms with van der Waals surface area (Å²) in [7, 11) is 0. The van der Waals surface area contributed by atoms with E-state index in [1.807, 2.05) is 27.7 Å². The number of aliphatic hydroxyl groups is 1.